The third-order valence-electron chi connectivity index (χ3n) is 2.57. The second-order valence-corrected chi connectivity index (χ2v) is 4.45. The molecule has 0 aliphatic carbocycles. The molecule has 0 spiro atoms. The van der Waals surface area contributed by atoms with Crippen molar-refractivity contribution in [3.8, 4) is 0 Å². The van der Waals surface area contributed by atoms with E-state index in [1.54, 1.807) is 30.3 Å². The summed E-state index contributed by atoms with van der Waals surface area (Å²) in [5.74, 6) is -0.491. The molecule has 0 saturated carbocycles. The van der Waals surface area contributed by atoms with Crippen molar-refractivity contribution in [1.82, 2.24) is 5.32 Å². The number of benzene rings is 1. The maximum atomic E-state index is 11.7. The molecule has 1 heterocycles. The number of nitrogens with one attached hydrogen (secondary N) is 2. The number of hydrogen-bond acceptors (Lipinski definition) is 3. The second-order valence-electron chi connectivity index (χ2n) is 4.05. The second kappa shape index (κ2) is 6.77. The highest BCUT2D eigenvalue weighted by Crippen LogP contribution is 2.20. The molecule has 1 aromatic heterocycles. The molecule has 0 saturated heterocycles. The summed E-state index contributed by atoms with van der Waals surface area (Å²) in [5, 5.41) is 5.78. The van der Waals surface area contributed by atoms with Gasteiger partial charge in [-0.2, -0.15) is 0 Å². The van der Waals surface area contributed by atoms with Gasteiger partial charge in [-0.3, -0.25) is 9.59 Å². The average molecular weight is 293 g/mol. The Morgan fingerprint density at radius 3 is 2.70 bits per heavy atom. The topological polar surface area (TPSA) is 71.3 Å². The van der Waals surface area contributed by atoms with E-state index in [9.17, 15) is 9.59 Å². The predicted octanol–water partition coefficient (Wildman–Crippen LogP) is 2.69. The molecule has 6 heteroatoms. The summed E-state index contributed by atoms with van der Waals surface area (Å²) in [6, 6.07) is 8.52. The number of halogens is 1. The van der Waals surface area contributed by atoms with E-state index < -0.39 is 0 Å². The van der Waals surface area contributed by atoms with Crippen LogP contribution >= 0.6 is 11.6 Å². The fourth-order valence-corrected chi connectivity index (χ4v) is 1.74. The summed E-state index contributed by atoms with van der Waals surface area (Å²) < 4.78 is 4.80. The van der Waals surface area contributed by atoms with Crippen LogP contribution in [0.2, 0.25) is 5.02 Å². The number of anilines is 1. The number of carbonyl (C=O) groups is 2. The zero-order valence-corrected chi connectivity index (χ0v) is 11.3. The molecule has 5 nitrogen and oxygen atoms in total. The van der Waals surface area contributed by atoms with Crippen molar-refractivity contribution >= 4 is 29.1 Å². The van der Waals surface area contributed by atoms with Crippen molar-refractivity contribution in [2.75, 3.05) is 11.9 Å². The first-order valence-corrected chi connectivity index (χ1v) is 6.39. The minimum atomic E-state index is -0.274. The molecule has 2 rings (SSSR count). The summed E-state index contributed by atoms with van der Waals surface area (Å²) in [4.78, 5) is 23.3. The lowest BCUT2D eigenvalue weighted by Crippen LogP contribution is -2.27. The van der Waals surface area contributed by atoms with Crippen LogP contribution in [-0.4, -0.2) is 18.4 Å². The van der Waals surface area contributed by atoms with E-state index in [-0.39, 0.29) is 24.8 Å². The lowest BCUT2D eigenvalue weighted by atomic mass is 10.3. The number of para-hydroxylation sites is 1. The molecule has 1 aromatic carbocycles. The molecule has 0 fully saturated rings. The Labute approximate surface area is 120 Å². The zero-order chi connectivity index (χ0) is 14.4. The van der Waals surface area contributed by atoms with E-state index >= 15 is 0 Å². The smallest absolute Gasteiger partial charge is 0.254 e. The Morgan fingerprint density at radius 1 is 1.20 bits per heavy atom. The van der Waals surface area contributed by atoms with E-state index in [4.69, 9.17) is 16.0 Å². The minimum absolute atomic E-state index is 0.162. The molecule has 0 aliphatic heterocycles. The van der Waals surface area contributed by atoms with Gasteiger partial charge in [-0.25, -0.2) is 0 Å². The van der Waals surface area contributed by atoms with Crippen LogP contribution in [0.4, 0.5) is 5.69 Å². The molecule has 2 amide bonds. The molecule has 0 atom stereocenters. The molecule has 2 aromatic rings. The summed E-state index contributed by atoms with van der Waals surface area (Å²) in [6.45, 7) is 0.236. The molecule has 0 aliphatic rings. The van der Waals surface area contributed by atoms with Gasteiger partial charge in [-0.1, -0.05) is 23.7 Å². The highest BCUT2D eigenvalue weighted by molar-refractivity contribution is 6.33. The van der Waals surface area contributed by atoms with Crippen LogP contribution in [0.25, 0.3) is 0 Å². The molecule has 0 bridgehead atoms. The first-order chi connectivity index (χ1) is 9.66. The van der Waals surface area contributed by atoms with Gasteiger partial charge in [0, 0.05) is 13.0 Å². The maximum absolute atomic E-state index is 11.7. The Balaban J connectivity index is 1.76. The van der Waals surface area contributed by atoms with Crippen molar-refractivity contribution in [2.45, 2.75) is 6.42 Å². The van der Waals surface area contributed by atoms with Crippen LogP contribution in [0, 0.1) is 0 Å². The van der Waals surface area contributed by atoms with Gasteiger partial charge < -0.3 is 15.1 Å². The Bertz CT molecular complexity index is 596. The lowest BCUT2D eigenvalue weighted by Gasteiger charge is -2.07. The van der Waals surface area contributed by atoms with Gasteiger partial charge in [0.15, 0.2) is 0 Å². The first kappa shape index (κ1) is 14.1. The normalized spacial score (nSPS) is 10.1. The van der Waals surface area contributed by atoms with Crippen molar-refractivity contribution in [3.63, 3.8) is 0 Å². The van der Waals surface area contributed by atoms with Gasteiger partial charge in [0.2, 0.25) is 5.91 Å². The van der Waals surface area contributed by atoms with E-state index in [1.807, 2.05) is 0 Å². The van der Waals surface area contributed by atoms with Crippen LogP contribution in [-0.2, 0) is 4.79 Å². The Kier molecular flexibility index (Phi) is 4.79. The standard InChI is InChI=1S/C14H13ClN2O3/c15-11-3-1-2-4-12(11)17-13(18)5-7-16-14(19)10-6-8-20-9-10/h1-4,6,8-9H,5,7H2,(H,16,19)(H,17,18). The van der Waals surface area contributed by atoms with Gasteiger partial charge in [0.1, 0.15) is 6.26 Å². The summed E-state index contributed by atoms with van der Waals surface area (Å²) in [7, 11) is 0. The van der Waals surface area contributed by atoms with Gasteiger partial charge in [-0.15, -0.1) is 0 Å². The van der Waals surface area contributed by atoms with E-state index in [0.29, 0.717) is 16.3 Å². The van der Waals surface area contributed by atoms with E-state index in [1.165, 1.54) is 12.5 Å². The first-order valence-electron chi connectivity index (χ1n) is 6.01. The number of amides is 2. The molecule has 20 heavy (non-hydrogen) atoms. The third-order valence-corrected chi connectivity index (χ3v) is 2.90. The highest BCUT2D eigenvalue weighted by atomic mass is 35.5. The number of rotatable bonds is 5. The Morgan fingerprint density at radius 2 is 2.00 bits per heavy atom. The van der Waals surface area contributed by atoms with Crippen LogP contribution in [0.5, 0.6) is 0 Å². The molecular weight excluding hydrogens is 280 g/mol. The fraction of sp³-hybridized carbons (Fsp3) is 0.143. The minimum Gasteiger partial charge on any atom is -0.472 e. The van der Waals surface area contributed by atoms with Gasteiger partial charge >= 0.3 is 0 Å². The summed E-state index contributed by atoms with van der Waals surface area (Å²) in [6.07, 6.45) is 2.92. The quantitative estimate of drug-likeness (QED) is 0.890. The van der Waals surface area contributed by atoms with E-state index in [0.717, 1.165) is 0 Å². The van der Waals surface area contributed by atoms with Crippen molar-refractivity contribution in [2.24, 2.45) is 0 Å². The third kappa shape index (κ3) is 3.86. The van der Waals surface area contributed by atoms with Crippen molar-refractivity contribution in [1.29, 1.82) is 0 Å². The van der Waals surface area contributed by atoms with Gasteiger partial charge in [-0.05, 0) is 18.2 Å². The molecule has 0 radical (unpaired) electrons. The van der Waals surface area contributed by atoms with Crippen LogP contribution in [0.15, 0.2) is 47.3 Å². The predicted molar refractivity (Wildman–Crippen MR) is 75.7 cm³/mol. The summed E-state index contributed by atoms with van der Waals surface area (Å²) in [5.41, 5.74) is 0.983. The SMILES string of the molecule is O=C(CCNC(=O)c1ccoc1)Nc1ccccc1Cl. The van der Waals surface area contributed by atoms with Gasteiger partial charge in [0.05, 0.1) is 22.5 Å². The number of hydrogen-bond donors (Lipinski definition) is 2. The molecular formula is C14H13ClN2O3. The Hall–Kier alpha value is -2.27. The van der Waals surface area contributed by atoms with Crippen LogP contribution < -0.4 is 10.6 Å². The summed E-state index contributed by atoms with van der Waals surface area (Å²) >= 11 is 5.93. The molecule has 0 unspecified atom stereocenters. The average Bonchev–Trinajstić information content (AvgIpc) is 2.95. The lowest BCUT2D eigenvalue weighted by molar-refractivity contribution is -0.116. The fourth-order valence-electron chi connectivity index (χ4n) is 1.56. The van der Waals surface area contributed by atoms with Crippen molar-refractivity contribution in [3.05, 3.63) is 53.4 Å². The van der Waals surface area contributed by atoms with E-state index in [2.05, 4.69) is 10.6 Å². The molecule has 104 valence electrons. The van der Waals surface area contributed by atoms with Gasteiger partial charge in [0.25, 0.3) is 5.91 Å². The maximum Gasteiger partial charge on any atom is 0.254 e. The molecule has 2 N–H and O–H groups in total. The highest BCUT2D eigenvalue weighted by Gasteiger charge is 2.08. The number of carbonyl (C=O) groups excluding carboxylic acids is 2. The monoisotopic (exact) mass is 292 g/mol. The number of furan rings is 1. The zero-order valence-electron chi connectivity index (χ0n) is 10.6. The van der Waals surface area contributed by atoms with Crippen LogP contribution in [0.3, 0.4) is 0 Å². The van der Waals surface area contributed by atoms with Crippen molar-refractivity contribution < 1.29 is 14.0 Å². The largest absolute Gasteiger partial charge is 0.472 e. The van der Waals surface area contributed by atoms with Crippen LogP contribution in [0.1, 0.15) is 16.8 Å².